The van der Waals surface area contributed by atoms with E-state index >= 15 is 0 Å². The van der Waals surface area contributed by atoms with E-state index in [1.54, 1.807) is 24.5 Å². The molecule has 202 valence electrons. The van der Waals surface area contributed by atoms with Crippen molar-refractivity contribution in [2.45, 2.75) is 9.79 Å². The molecule has 0 aliphatic carbocycles. The van der Waals surface area contributed by atoms with Gasteiger partial charge in [0, 0.05) is 54.6 Å². The summed E-state index contributed by atoms with van der Waals surface area (Å²) in [5.41, 5.74) is 1.42. The van der Waals surface area contributed by atoms with Gasteiger partial charge in [0.25, 0.3) is 19.1 Å². The molecule has 1 aliphatic rings. The maximum Gasteiger partial charge on any atom is 0.268 e. The van der Waals surface area contributed by atoms with E-state index in [0.29, 0.717) is 16.6 Å². The van der Waals surface area contributed by atoms with E-state index in [2.05, 4.69) is 15.2 Å². The third kappa shape index (κ3) is 6.68. The largest absolute Gasteiger partial charge is 0.354 e. The first-order chi connectivity index (χ1) is 18.1. The van der Waals surface area contributed by atoms with Gasteiger partial charge in [0.1, 0.15) is 5.82 Å². The van der Waals surface area contributed by atoms with Crippen molar-refractivity contribution >= 4 is 58.9 Å². The number of rotatable bonds is 4. The van der Waals surface area contributed by atoms with E-state index in [4.69, 9.17) is 21.2 Å². The smallest absolute Gasteiger partial charge is 0.268 e. The zero-order valence-corrected chi connectivity index (χ0v) is 23.4. The molecule has 2 aromatic carbocycles. The van der Waals surface area contributed by atoms with Crippen molar-refractivity contribution in [2.24, 2.45) is 0 Å². The molecule has 0 spiro atoms. The van der Waals surface area contributed by atoms with Crippen LogP contribution in [0.1, 0.15) is 11.1 Å². The number of fused-ring (bicyclic) bond motifs is 1. The summed E-state index contributed by atoms with van der Waals surface area (Å²) < 4.78 is 48.8. The first-order valence-corrected chi connectivity index (χ1v) is 15.0. The minimum absolute atomic E-state index is 0. The Morgan fingerprint density at radius 1 is 0.821 bits per heavy atom. The Kier molecular flexibility index (Phi) is 9.56. The highest BCUT2D eigenvalue weighted by Crippen LogP contribution is 2.28. The first kappa shape index (κ1) is 29.9. The number of nitriles is 2. The van der Waals surface area contributed by atoms with Crippen LogP contribution in [0.5, 0.6) is 0 Å². The number of pyridine rings is 1. The molecule has 0 saturated carbocycles. The minimum Gasteiger partial charge on any atom is -0.354 e. The number of aromatic nitrogens is 2. The van der Waals surface area contributed by atoms with Gasteiger partial charge in [-0.1, -0.05) is 0 Å². The van der Waals surface area contributed by atoms with Gasteiger partial charge in [0.15, 0.2) is 0 Å². The summed E-state index contributed by atoms with van der Waals surface area (Å²) in [5, 5.41) is 21.4. The van der Waals surface area contributed by atoms with Crippen molar-refractivity contribution in [1.82, 2.24) is 14.3 Å². The lowest BCUT2D eigenvalue weighted by atomic mass is 10.2. The van der Waals surface area contributed by atoms with Gasteiger partial charge in [-0.25, -0.2) is 25.8 Å². The summed E-state index contributed by atoms with van der Waals surface area (Å²) in [7, 11) is -2.37. The Hall–Kier alpha value is -3.65. The summed E-state index contributed by atoms with van der Waals surface area (Å²) in [5.74, 6) is 0.803. The van der Waals surface area contributed by atoms with Crippen LogP contribution in [0.2, 0.25) is 0 Å². The minimum atomic E-state index is -3.75. The number of benzene rings is 2. The highest BCUT2D eigenvalue weighted by Gasteiger charge is 2.22. The van der Waals surface area contributed by atoms with E-state index in [0.717, 1.165) is 37.4 Å². The van der Waals surface area contributed by atoms with Gasteiger partial charge in [0.2, 0.25) is 0 Å². The van der Waals surface area contributed by atoms with Crippen LogP contribution < -0.4 is 10.2 Å². The molecule has 1 saturated heterocycles. The zero-order valence-electron chi connectivity index (χ0n) is 20.2. The number of halogens is 2. The van der Waals surface area contributed by atoms with Crippen LogP contribution in [0.4, 0.5) is 5.82 Å². The highest BCUT2D eigenvalue weighted by molar-refractivity contribution is 8.13. The second-order valence-corrected chi connectivity index (χ2v) is 12.5. The van der Waals surface area contributed by atoms with Crippen LogP contribution >= 0.6 is 23.1 Å². The van der Waals surface area contributed by atoms with E-state index < -0.39 is 19.1 Å². The van der Waals surface area contributed by atoms with Crippen molar-refractivity contribution in [1.29, 1.82) is 10.5 Å². The molecule has 14 heteroatoms. The summed E-state index contributed by atoms with van der Waals surface area (Å²) in [6.07, 6.45) is 3.20. The Bertz CT molecular complexity index is 1750. The maximum absolute atomic E-state index is 13.0. The molecular weight excluding hydrogens is 583 g/mol. The zero-order chi connectivity index (χ0) is 27.3. The molecule has 0 radical (unpaired) electrons. The molecule has 1 N–H and O–H groups in total. The Morgan fingerprint density at radius 3 is 1.87 bits per heavy atom. The third-order valence-electron chi connectivity index (χ3n) is 5.78. The first-order valence-electron chi connectivity index (χ1n) is 11.3. The van der Waals surface area contributed by atoms with E-state index in [9.17, 15) is 16.8 Å². The summed E-state index contributed by atoms with van der Waals surface area (Å²) in [6, 6.07) is 18.7. The quantitative estimate of drug-likeness (QED) is 0.345. The normalized spacial score (nSPS) is 13.4. The maximum atomic E-state index is 13.0. The average Bonchev–Trinajstić information content (AvgIpc) is 3.39. The number of hydrogen-bond acceptors (Lipinski definition) is 9. The number of nitrogens with one attached hydrogen (secondary N) is 1. The SMILES string of the molecule is Cl.N#Cc1ccc(S(=O)(=O)Cl)cc1.N#Cc1ccc(S(=O)(=O)n2ccc3c(N4CCNCC4)nccc32)cc1. The molecule has 1 fully saturated rings. The van der Waals surface area contributed by atoms with Gasteiger partial charge in [-0.05, 0) is 60.7 Å². The predicted octanol–water partition coefficient (Wildman–Crippen LogP) is 3.46. The molecule has 1 aliphatic heterocycles. The molecular formula is C25H22Cl2N6O4S2. The van der Waals surface area contributed by atoms with Crippen molar-refractivity contribution in [3.05, 3.63) is 84.2 Å². The fraction of sp³-hybridized carbons (Fsp3) is 0.160. The lowest BCUT2D eigenvalue weighted by Crippen LogP contribution is -2.43. The summed E-state index contributed by atoms with van der Waals surface area (Å²) >= 11 is 0. The molecule has 10 nitrogen and oxygen atoms in total. The third-order valence-corrected chi connectivity index (χ3v) is 8.86. The van der Waals surface area contributed by atoms with Crippen molar-refractivity contribution in [3.8, 4) is 12.1 Å². The van der Waals surface area contributed by atoms with Gasteiger partial charge in [-0.15, -0.1) is 12.4 Å². The number of nitrogens with zero attached hydrogens (tertiary/aromatic N) is 5. The number of anilines is 1. The monoisotopic (exact) mass is 604 g/mol. The van der Waals surface area contributed by atoms with Crippen LogP contribution in [-0.4, -0.2) is 52.0 Å². The lowest BCUT2D eigenvalue weighted by molar-refractivity contribution is 0.586. The number of hydrogen-bond donors (Lipinski definition) is 1. The molecule has 4 aromatic rings. The second kappa shape index (κ2) is 12.5. The van der Waals surface area contributed by atoms with E-state index in [1.165, 1.54) is 52.5 Å². The predicted molar refractivity (Wildman–Crippen MR) is 150 cm³/mol. The van der Waals surface area contributed by atoms with Crippen molar-refractivity contribution in [3.63, 3.8) is 0 Å². The van der Waals surface area contributed by atoms with Gasteiger partial charge in [-0.3, -0.25) is 0 Å². The van der Waals surface area contributed by atoms with Crippen LogP contribution in [0.25, 0.3) is 10.9 Å². The van der Waals surface area contributed by atoms with Gasteiger partial charge >= 0.3 is 0 Å². The van der Waals surface area contributed by atoms with Crippen LogP contribution in [0, 0.1) is 22.7 Å². The molecule has 0 unspecified atom stereocenters. The van der Waals surface area contributed by atoms with E-state index in [-0.39, 0.29) is 22.2 Å². The molecule has 0 bridgehead atoms. The van der Waals surface area contributed by atoms with Gasteiger partial charge in [-0.2, -0.15) is 10.5 Å². The van der Waals surface area contributed by atoms with Gasteiger partial charge in [0.05, 0.1) is 38.6 Å². The molecule has 0 amide bonds. The summed E-state index contributed by atoms with van der Waals surface area (Å²) in [4.78, 5) is 6.79. The Morgan fingerprint density at radius 2 is 1.36 bits per heavy atom. The van der Waals surface area contributed by atoms with Crippen LogP contribution in [0.3, 0.4) is 0 Å². The Balaban J connectivity index is 0.000000274. The Labute approximate surface area is 236 Å². The van der Waals surface area contributed by atoms with Gasteiger partial charge < -0.3 is 10.2 Å². The fourth-order valence-corrected chi connectivity index (χ4v) is 5.99. The van der Waals surface area contributed by atoms with Crippen molar-refractivity contribution in [2.75, 3.05) is 31.1 Å². The topological polar surface area (TPSA) is 149 Å². The van der Waals surface area contributed by atoms with Crippen LogP contribution in [-0.2, 0) is 19.1 Å². The second-order valence-electron chi connectivity index (χ2n) is 8.13. The fourth-order valence-electron chi connectivity index (χ4n) is 3.87. The standard InChI is InChI=1S/C18H17N5O2S.C7H4ClNO2S.ClH/c19-13-14-1-3-15(4-2-14)26(24,25)23-10-6-16-17(23)5-7-21-18(16)22-11-8-20-9-12-22;8-12(10,11)7-3-1-6(5-9)2-4-7;/h1-7,10,20H,8-9,11-12H2;1-4H;1H. The molecule has 0 atom stereocenters. The number of piperazine rings is 1. The lowest BCUT2D eigenvalue weighted by Gasteiger charge is -2.28. The molecule has 3 heterocycles. The molecule has 2 aromatic heterocycles. The highest BCUT2D eigenvalue weighted by atomic mass is 35.7. The summed E-state index contributed by atoms with van der Waals surface area (Å²) in [6.45, 7) is 3.42. The molecule has 39 heavy (non-hydrogen) atoms. The van der Waals surface area contributed by atoms with E-state index in [1.807, 2.05) is 12.1 Å². The van der Waals surface area contributed by atoms with Crippen LogP contribution in [0.15, 0.2) is 82.8 Å². The molecule has 5 rings (SSSR count). The van der Waals surface area contributed by atoms with Crippen molar-refractivity contribution < 1.29 is 16.8 Å². The average molecular weight is 606 g/mol.